The smallest absolute Gasteiger partial charge is 0.256 e. The van der Waals surface area contributed by atoms with E-state index in [9.17, 15) is 8.42 Å². The second-order valence-corrected chi connectivity index (χ2v) is 9.68. The Labute approximate surface area is 188 Å². The molecule has 158 valence electrons. The zero-order valence-corrected chi connectivity index (χ0v) is 18.4. The molecule has 4 nitrogen and oxygen atoms in total. The maximum Gasteiger partial charge on any atom is 0.266 e. The van der Waals surface area contributed by atoms with Gasteiger partial charge in [-0.1, -0.05) is 84.4 Å². The minimum atomic E-state index is -3.89. The van der Waals surface area contributed by atoms with Gasteiger partial charge in [0.1, 0.15) is 6.04 Å². The second-order valence-electron chi connectivity index (χ2n) is 7.86. The Morgan fingerprint density at radius 2 is 1.47 bits per heavy atom. The molecule has 3 aromatic rings. The Morgan fingerprint density at radius 1 is 0.844 bits per heavy atom. The fraction of sp³-hybridized carbons (Fsp3) is 0.111. The maximum atomic E-state index is 14.0. The topological polar surface area (TPSA) is 49.7 Å². The summed E-state index contributed by atoms with van der Waals surface area (Å²) < 4.78 is 29.6. The third-order valence-electron chi connectivity index (χ3n) is 5.72. The van der Waals surface area contributed by atoms with E-state index in [1.165, 1.54) is 4.31 Å². The van der Waals surface area contributed by atoms with Gasteiger partial charge in [-0.2, -0.15) is 0 Å². The lowest BCUT2D eigenvalue weighted by Gasteiger charge is -2.30. The molecule has 5 rings (SSSR count). The number of sulfonamides is 1. The molecule has 2 atom stereocenters. The van der Waals surface area contributed by atoms with E-state index in [1.807, 2.05) is 91.9 Å². The molecule has 1 aliphatic heterocycles. The van der Waals surface area contributed by atoms with Crippen molar-refractivity contribution < 1.29 is 8.42 Å². The molecule has 0 fully saturated rings. The van der Waals surface area contributed by atoms with E-state index in [4.69, 9.17) is 4.99 Å². The molecular formula is C27H22N2O2S. The first-order valence-corrected chi connectivity index (χ1v) is 11.9. The van der Waals surface area contributed by atoms with Gasteiger partial charge in [0.05, 0.1) is 16.5 Å². The molecular weight excluding hydrogens is 416 g/mol. The number of aryl methyl sites for hydroxylation is 1. The van der Waals surface area contributed by atoms with Crippen LogP contribution in [0.4, 0.5) is 0 Å². The minimum Gasteiger partial charge on any atom is -0.256 e. The van der Waals surface area contributed by atoms with E-state index in [0.717, 1.165) is 16.7 Å². The largest absolute Gasteiger partial charge is 0.266 e. The molecule has 0 radical (unpaired) electrons. The van der Waals surface area contributed by atoms with Crippen LogP contribution in [0.25, 0.3) is 0 Å². The summed E-state index contributed by atoms with van der Waals surface area (Å²) in [5.74, 6) is 0.415. The zero-order valence-electron chi connectivity index (χ0n) is 17.6. The Kier molecular flexibility index (Phi) is 5.14. The molecule has 0 N–H and O–H groups in total. The summed E-state index contributed by atoms with van der Waals surface area (Å²) >= 11 is 0. The molecule has 0 saturated carbocycles. The van der Waals surface area contributed by atoms with Gasteiger partial charge in [-0.05, 0) is 42.3 Å². The lowest BCUT2D eigenvalue weighted by molar-refractivity contribution is 0.420. The highest BCUT2D eigenvalue weighted by atomic mass is 32.2. The van der Waals surface area contributed by atoms with Crippen LogP contribution in [0.3, 0.4) is 0 Å². The average Bonchev–Trinajstić information content (AvgIpc) is 3.49. The van der Waals surface area contributed by atoms with Crippen LogP contribution in [0.5, 0.6) is 0 Å². The number of benzene rings is 3. The van der Waals surface area contributed by atoms with Gasteiger partial charge in [-0.25, -0.2) is 12.7 Å². The highest BCUT2D eigenvalue weighted by Gasteiger charge is 2.45. The van der Waals surface area contributed by atoms with Crippen LogP contribution >= 0.6 is 0 Å². The van der Waals surface area contributed by atoms with Crippen LogP contribution in [0.2, 0.25) is 0 Å². The van der Waals surface area contributed by atoms with Crippen LogP contribution in [0.15, 0.2) is 124 Å². The van der Waals surface area contributed by atoms with Crippen molar-refractivity contribution >= 4 is 15.9 Å². The Morgan fingerprint density at radius 3 is 2.06 bits per heavy atom. The van der Waals surface area contributed by atoms with Crippen molar-refractivity contribution in [3.05, 3.63) is 131 Å². The van der Waals surface area contributed by atoms with Gasteiger partial charge in [0, 0.05) is 0 Å². The predicted octanol–water partition coefficient (Wildman–Crippen LogP) is 5.53. The van der Waals surface area contributed by atoms with Gasteiger partial charge in [-0.3, -0.25) is 4.99 Å². The number of rotatable bonds is 5. The molecule has 1 heterocycles. The summed E-state index contributed by atoms with van der Waals surface area (Å²) in [6.45, 7) is 1.94. The number of hydrogen-bond donors (Lipinski definition) is 0. The van der Waals surface area contributed by atoms with Crippen LogP contribution in [-0.2, 0) is 10.0 Å². The van der Waals surface area contributed by atoms with Crippen molar-refractivity contribution in [1.82, 2.24) is 4.31 Å². The molecule has 0 amide bonds. The van der Waals surface area contributed by atoms with Crippen molar-refractivity contribution in [2.75, 3.05) is 0 Å². The fourth-order valence-corrected chi connectivity index (χ4v) is 5.76. The standard InChI is InChI=1S/C27H22N2O2S/c1-20-16-18-24(19-17-20)32(30,31)29-26(22-12-6-3-7-13-22)25(21-10-4-2-5-11-21)28-27(29)23-14-8-9-15-23/h2-14,16-19,25-26H,1H3/t25-,26-/m1/s1. The van der Waals surface area contributed by atoms with Crippen molar-refractivity contribution in [3.63, 3.8) is 0 Å². The number of allylic oxidation sites excluding steroid dienone is 1. The molecule has 0 aromatic heterocycles. The number of nitrogens with zero attached hydrogens (tertiary/aromatic N) is 2. The SMILES string of the molecule is Cc1ccc(S(=O)(=O)N2C(C3=C=CC=C3)=N[C@H](c3ccccc3)[C@H]2c2ccccc2)cc1. The van der Waals surface area contributed by atoms with E-state index in [-0.39, 0.29) is 10.9 Å². The monoisotopic (exact) mass is 438 g/mol. The summed E-state index contributed by atoms with van der Waals surface area (Å²) in [5.41, 5.74) is 6.68. The number of aliphatic imine (C=N–C) groups is 1. The predicted molar refractivity (Wildman–Crippen MR) is 127 cm³/mol. The molecule has 1 aliphatic carbocycles. The van der Waals surface area contributed by atoms with E-state index in [0.29, 0.717) is 11.4 Å². The molecule has 0 unspecified atom stereocenters. The molecule has 5 heteroatoms. The van der Waals surface area contributed by atoms with Gasteiger partial charge in [0.2, 0.25) is 0 Å². The van der Waals surface area contributed by atoms with Gasteiger partial charge < -0.3 is 0 Å². The van der Waals surface area contributed by atoms with Crippen LogP contribution in [-0.4, -0.2) is 18.6 Å². The summed E-state index contributed by atoms with van der Waals surface area (Å²) in [7, 11) is -3.89. The highest BCUT2D eigenvalue weighted by molar-refractivity contribution is 7.89. The lowest BCUT2D eigenvalue weighted by atomic mass is 9.95. The highest BCUT2D eigenvalue weighted by Crippen LogP contribution is 2.46. The van der Waals surface area contributed by atoms with Crippen molar-refractivity contribution in [3.8, 4) is 0 Å². The Hall–Kier alpha value is -3.66. The number of amidine groups is 1. The van der Waals surface area contributed by atoms with Crippen molar-refractivity contribution in [2.45, 2.75) is 23.9 Å². The summed E-state index contributed by atoms with van der Waals surface area (Å²) in [6, 6.07) is 25.7. The molecule has 3 aromatic carbocycles. The third-order valence-corrected chi connectivity index (χ3v) is 7.51. The average molecular weight is 439 g/mol. The number of hydrogen-bond acceptors (Lipinski definition) is 3. The van der Waals surface area contributed by atoms with Crippen LogP contribution in [0.1, 0.15) is 28.8 Å². The molecule has 32 heavy (non-hydrogen) atoms. The zero-order chi connectivity index (χ0) is 22.1. The Balaban J connectivity index is 1.74. The molecule has 2 aliphatic rings. The van der Waals surface area contributed by atoms with E-state index in [2.05, 4.69) is 5.73 Å². The first-order chi connectivity index (χ1) is 15.6. The third kappa shape index (κ3) is 3.52. The lowest BCUT2D eigenvalue weighted by Crippen LogP contribution is -2.37. The normalized spacial score (nSPS) is 19.8. The van der Waals surface area contributed by atoms with Crippen molar-refractivity contribution in [2.24, 2.45) is 4.99 Å². The quantitative estimate of drug-likeness (QED) is 0.492. The summed E-state index contributed by atoms with van der Waals surface area (Å²) in [6.07, 6.45) is 5.48. The van der Waals surface area contributed by atoms with Gasteiger partial charge >= 0.3 is 0 Å². The van der Waals surface area contributed by atoms with Crippen molar-refractivity contribution in [1.29, 1.82) is 0 Å². The molecule has 0 saturated heterocycles. The fourth-order valence-electron chi connectivity index (χ4n) is 4.14. The maximum absolute atomic E-state index is 14.0. The van der Waals surface area contributed by atoms with E-state index >= 15 is 0 Å². The van der Waals surface area contributed by atoms with E-state index < -0.39 is 16.1 Å². The van der Waals surface area contributed by atoms with Gasteiger partial charge in [0.15, 0.2) is 5.84 Å². The van der Waals surface area contributed by atoms with Gasteiger partial charge in [-0.15, -0.1) is 5.73 Å². The summed E-state index contributed by atoms with van der Waals surface area (Å²) in [5, 5.41) is 0. The van der Waals surface area contributed by atoms with E-state index in [1.54, 1.807) is 18.2 Å². The Bertz CT molecular complexity index is 1370. The van der Waals surface area contributed by atoms with Crippen LogP contribution in [0, 0.1) is 6.92 Å². The van der Waals surface area contributed by atoms with Gasteiger partial charge in [0.25, 0.3) is 10.0 Å². The molecule has 0 bridgehead atoms. The first kappa shape index (κ1) is 20.3. The first-order valence-electron chi connectivity index (χ1n) is 10.5. The second kappa shape index (κ2) is 8.12. The summed E-state index contributed by atoms with van der Waals surface area (Å²) in [4.78, 5) is 5.23. The minimum absolute atomic E-state index is 0.247. The molecule has 0 spiro atoms. The van der Waals surface area contributed by atoms with Crippen LogP contribution < -0.4 is 0 Å².